The molecule has 0 aliphatic heterocycles. The number of benzene rings is 1. The Bertz CT molecular complexity index is 537. The molecule has 0 aliphatic rings. The summed E-state index contributed by atoms with van der Waals surface area (Å²) in [5.74, 6) is 0.270. The molecule has 0 aliphatic carbocycles. The van der Waals surface area contributed by atoms with Crippen molar-refractivity contribution >= 4 is 16.9 Å². The monoisotopic (exact) mass is 217 g/mol. The second-order valence-corrected chi connectivity index (χ2v) is 3.25. The zero-order valence-electron chi connectivity index (χ0n) is 9.06. The molecule has 2 rings (SSSR count). The molecule has 0 amide bonds. The molecule has 0 radical (unpaired) electrons. The van der Waals surface area contributed by atoms with Gasteiger partial charge in [0.25, 0.3) is 0 Å². The van der Waals surface area contributed by atoms with E-state index in [-0.39, 0.29) is 0 Å². The van der Waals surface area contributed by atoms with Crippen LogP contribution in [0.2, 0.25) is 0 Å². The van der Waals surface area contributed by atoms with E-state index in [0.29, 0.717) is 17.0 Å². The van der Waals surface area contributed by atoms with Crippen molar-refractivity contribution in [1.29, 1.82) is 0 Å². The van der Waals surface area contributed by atoms with Gasteiger partial charge in [-0.05, 0) is 18.2 Å². The van der Waals surface area contributed by atoms with E-state index in [4.69, 9.17) is 4.74 Å². The second kappa shape index (κ2) is 4.18. The molecule has 0 spiro atoms. The predicted octanol–water partition coefficient (Wildman–Crippen LogP) is 2.03. The molecule has 1 heterocycles. The second-order valence-electron chi connectivity index (χ2n) is 3.25. The molecule has 1 aromatic carbocycles. The van der Waals surface area contributed by atoms with Gasteiger partial charge in [-0.1, -0.05) is 6.07 Å². The number of pyridine rings is 1. The number of hydrogen-bond acceptors (Lipinski definition) is 4. The van der Waals surface area contributed by atoms with E-state index >= 15 is 0 Å². The van der Waals surface area contributed by atoms with E-state index < -0.39 is 5.97 Å². The number of esters is 1. The lowest BCUT2D eigenvalue weighted by atomic mass is 10.2. The highest BCUT2D eigenvalue weighted by Crippen LogP contribution is 2.19. The smallest absolute Gasteiger partial charge is 0.356 e. The number of fused-ring (bicyclic) bond motifs is 1. The van der Waals surface area contributed by atoms with Crippen molar-refractivity contribution < 1.29 is 14.3 Å². The number of nitrogens with zero attached hydrogens (tertiary/aromatic N) is 1. The van der Waals surface area contributed by atoms with Crippen molar-refractivity contribution in [2.24, 2.45) is 0 Å². The van der Waals surface area contributed by atoms with Gasteiger partial charge >= 0.3 is 5.97 Å². The quantitative estimate of drug-likeness (QED) is 0.722. The number of ether oxygens (including phenoxy) is 2. The Hall–Kier alpha value is -2.10. The van der Waals surface area contributed by atoms with Gasteiger partial charge in [0.1, 0.15) is 11.4 Å². The number of hydrogen-bond donors (Lipinski definition) is 0. The third-order valence-electron chi connectivity index (χ3n) is 2.29. The van der Waals surface area contributed by atoms with E-state index in [1.54, 1.807) is 19.2 Å². The molecule has 4 heteroatoms. The van der Waals surface area contributed by atoms with Gasteiger partial charge in [0, 0.05) is 11.5 Å². The minimum atomic E-state index is -0.440. The number of rotatable bonds is 2. The summed E-state index contributed by atoms with van der Waals surface area (Å²) in [5, 5.41) is 0.952. The Balaban J connectivity index is 2.54. The summed E-state index contributed by atoms with van der Waals surface area (Å²) in [4.78, 5) is 15.5. The van der Waals surface area contributed by atoms with Gasteiger partial charge in [0.2, 0.25) is 0 Å². The summed E-state index contributed by atoms with van der Waals surface area (Å²) in [5.41, 5.74) is 1.01. The Morgan fingerprint density at radius 3 is 2.62 bits per heavy atom. The first kappa shape index (κ1) is 10.4. The Morgan fingerprint density at radius 1 is 1.19 bits per heavy atom. The highest BCUT2D eigenvalue weighted by atomic mass is 16.5. The fourth-order valence-electron chi connectivity index (χ4n) is 1.44. The van der Waals surface area contributed by atoms with Crippen molar-refractivity contribution in [2.45, 2.75) is 0 Å². The predicted molar refractivity (Wildman–Crippen MR) is 59.6 cm³/mol. The van der Waals surface area contributed by atoms with Crippen LogP contribution in [0.3, 0.4) is 0 Å². The summed E-state index contributed by atoms with van der Waals surface area (Å²) in [6.45, 7) is 0. The number of aromatic nitrogens is 1. The van der Waals surface area contributed by atoms with Crippen molar-refractivity contribution in [3.63, 3.8) is 0 Å². The molecule has 16 heavy (non-hydrogen) atoms. The van der Waals surface area contributed by atoms with Crippen molar-refractivity contribution in [3.8, 4) is 5.75 Å². The molecule has 0 saturated carbocycles. The zero-order chi connectivity index (χ0) is 11.5. The zero-order valence-corrected chi connectivity index (χ0v) is 9.06. The molecule has 0 unspecified atom stereocenters. The Morgan fingerprint density at radius 2 is 1.94 bits per heavy atom. The lowest BCUT2D eigenvalue weighted by molar-refractivity contribution is 0.0594. The highest BCUT2D eigenvalue weighted by molar-refractivity contribution is 5.91. The average Bonchev–Trinajstić information content (AvgIpc) is 2.36. The maximum Gasteiger partial charge on any atom is 0.356 e. The molecule has 0 bridgehead atoms. The van der Waals surface area contributed by atoms with E-state index in [2.05, 4.69) is 9.72 Å². The van der Waals surface area contributed by atoms with Crippen LogP contribution in [0.5, 0.6) is 5.75 Å². The van der Waals surface area contributed by atoms with Crippen LogP contribution in [-0.2, 0) is 4.74 Å². The first-order chi connectivity index (χ1) is 7.74. The molecular formula is C12H11NO3. The van der Waals surface area contributed by atoms with Crippen LogP contribution < -0.4 is 4.74 Å². The molecule has 1 aromatic heterocycles. The lowest BCUT2D eigenvalue weighted by Gasteiger charge is -2.03. The van der Waals surface area contributed by atoms with Gasteiger partial charge in [-0.15, -0.1) is 0 Å². The normalized spacial score (nSPS) is 10.1. The molecule has 82 valence electrons. The largest absolute Gasteiger partial charge is 0.497 e. The maximum atomic E-state index is 11.3. The Labute approximate surface area is 92.8 Å². The molecular weight excluding hydrogens is 206 g/mol. The summed E-state index contributed by atoms with van der Waals surface area (Å²) < 4.78 is 9.70. The van der Waals surface area contributed by atoms with Crippen LogP contribution in [0.15, 0.2) is 30.3 Å². The average molecular weight is 217 g/mol. The van der Waals surface area contributed by atoms with E-state index in [9.17, 15) is 4.79 Å². The standard InChI is InChI=1S/C12H11NO3/c1-15-9-5-3-8-4-6-10(12(14)16-2)13-11(8)7-9/h3-7H,1-2H3. The van der Waals surface area contributed by atoms with Gasteiger partial charge in [0.05, 0.1) is 19.7 Å². The topological polar surface area (TPSA) is 48.4 Å². The first-order valence-electron chi connectivity index (χ1n) is 4.77. The number of carbonyl (C=O) groups is 1. The molecule has 0 saturated heterocycles. The van der Waals surface area contributed by atoms with E-state index in [0.717, 1.165) is 5.39 Å². The molecule has 2 aromatic rings. The van der Waals surface area contributed by atoms with Crippen molar-refractivity contribution in [1.82, 2.24) is 4.98 Å². The molecule has 0 fully saturated rings. The molecule has 4 nitrogen and oxygen atoms in total. The minimum Gasteiger partial charge on any atom is -0.497 e. The minimum absolute atomic E-state index is 0.295. The van der Waals surface area contributed by atoms with Crippen molar-refractivity contribution in [3.05, 3.63) is 36.0 Å². The Kier molecular flexibility index (Phi) is 2.72. The summed E-state index contributed by atoms with van der Waals surface area (Å²) in [7, 11) is 2.92. The van der Waals surface area contributed by atoms with Gasteiger partial charge in [-0.3, -0.25) is 0 Å². The SMILES string of the molecule is COC(=O)c1ccc2ccc(OC)cc2n1. The van der Waals surface area contributed by atoms with E-state index in [1.165, 1.54) is 7.11 Å². The van der Waals surface area contributed by atoms with Crippen LogP contribution in [0.25, 0.3) is 10.9 Å². The highest BCUT2D eigenvalue weighted by Gasteiger charge is 2.07. The fraction of sp³-hybridized carbons (Fsp3) is 0.167. The van der Waals surface area contributed by atoms with Gasteiger partial charge < -0.3 is 9.47 Å². The first-order valence-corrected chi connectivity index (χ1v) is 4.77. The van der Waals surface area contributed by atoms with E-state index in [1.807, 2.05) is 18.2 Å². The third-order valence-corrected chi connectivity index (χ3v) is 2.29. The van der Waals surface area contributed by atoms with Gasteiger partial charge in [-0.25, -0.2) is 9.78 Å². The lowest BCUT2D eigenvalue weighted by Crippen LogP contribution is -2.03. The number of carbonyl (C=O) groups excluding carboxylic acids is 1. The summed E-state index contributed by atoms with van der Waals surface area (Å²) in [6.07, 6.45) is 0. The van der Waals surface area contributed by atoms with Crippen molar-refractivity contribution in [2.75, 3.05) is 14.2 Å². The van der Waals surface area contributed by atoms with Crippen LogP contribution in [-0.4, -0.2) is 25.2 Å². The van der Waals surface area contributed by atoms with Crippen LogP contribution >= 0.6 is 0 Å². The molecule has 0 N–H and O–H groups in total. The fourth-order valence-corrected chi connectivity index (χ4v) is 1.44. The summed E-state index contributed by atoms with van der Waals surface area (Å²) >= 11 is 0. The molecule has 0 atom stereocenters. The third kappa shape index (κ3) is 1.82. The van der Waals surface area contributed by atoms with Gasteiger partial charge in [0.15, 0.2) is 0 Å². The summed E-state index contributed by atoms with van der Waals surface area (Å²) in [6, 6.07) is 8.99. The van der Waals surface area contributed by atoms with Gasteiger partial charge in [-0.2, -0.15) is 0 Å². The number of methoxy groups -OCH3 is 2. The maximum absolute atomic E-state index is 11.3. The van der Waals surface area contributed by atoms with Crippen LogP contribution in [0, 0.1) is 0 Å². The van der Waals surface area contributed by atoms with Crippen LogP contribution in [0.4, 0.5) is 0 Å². The van der Waals surface area contributed by atoms with Crippen LogP contribution in [0.1, 0.15) is 10.5 Å².